The van der Waals surface area contributed by atoms with Gasteiger partial charge in [-0.05, 0) is 36.4 Å². The number of alkyl halides is 1. The smallest absolute Gasteiger partial charge is 0.336 e. The first-order valence-electron chi connectivity index (χ1n) is 8.42. The molecule has 0 bridgehead atoms. The molecule has 0 saturated carbocycles. The van der Waals surface area contributed by atoms with Gasteiger partial charge in [-0.15, -0.1) is 16.7 Å². The number of benzene rings is 2. The first-order valence-corrected chi connectivity index (χ1v) is 9.33. The molecule has 3 aromatic rings. The summed E-state index contributed by atoms with van der Waals surface area (Å²) in [4.78, 5) is 15.9. The molecule has 2 aromatic carbocycles. The van der Waals surface area contributed by atoms with Crippen LogP contribution in [-0.2, 0) is 9.53 Å². The highest BCUT2D eigenvalue weighted by atomic mass is 35.5. The van der Waals surface area contributed by atoms with Gasteiger partial charge in [0, 0.05) is 18.4 Å². The van der Waals surface area contributed by atoms with Gasteiger partial charge in [-0.3, -0.25) is 4.79 Å². The minimum Gasteiger partial charge on any atom is -0.460 e. The number of nitrogens with one attached hydrogen (secondary N) is 1. The van der Waals surface area contributed by atoms with Gasteiger partial charge in [0.05, 0.1) is 17.3 Å². The van der Waals surface area contributed by atoms with Gasteiger partial charge < -0.3 is 14.8 Å². The molecule has 3 rings (SSSR count). The highest BCUT2D eigenvalue weighted by Gasteiger charge is 2.17. The van der Waals surface area contributed by atoms with Crippen molar-refractivity contribution >= 4 is 34.8 Å². The van der Waals surface area contributed by atoms with Crippen LogP contribution in [0.4, 0.5) is 5.69 Å². The van der Waals surface area contributed by atoms with Gasteiger partial charge in [0.25, 0.3) is 0 Å². The Morgan fingerprint density at radius 2 is 1.89 bits per heavy atom. The van der Waals surface area contributed by atoms with Crippen molar-refractivity contribution in [3.8, 4) is 23.1 Å². The van der Waals surface area contributed by atoms with E-state index in [1.54, 1.807) is 42.1 Å². The lowest BCUT2D eigenvalue weighted by atomic mass is 10.2. The second kappa shape index (κ2) is 9.54. The molecule has 0 aliphatic heterocycles. The first kappa shape index (κ1) is 20.1. The third kappa shape index (κ3) is 4.81. The van der Waals surface area contributed by atoms with Crippen molar-refractivity contribution in [2.75, 3.05) is 31.5 Å². The van der Waals surface area contributed by atoms with Crippen LogP contribution >= 0.6 is 23.2 Å². The molecule has 1 N–H and O–H groups in total. The Kier molecular flexibility index (Phi) is 6.86. The summed E-state index contributed by atoms with van der Waals surface area (Å²) in [6.45, 7) is 0.747. The summed E-state index contributed by atoms with van der Waals surface area (Å²) >= 11 is 11.9. The summed E-state index contributed by atoms with van der Waals surface area (Å²) in [7, 11) is 1.59. The van der Waals surface area contributed by atoms with Gasteiger partial charge in [-0.1, -0.05) is 23.7 Å². The van der Waals surface area contributed by atoms with E-state index in [1.165, 1.54) is 0 Å². The molecule has 0 radical (unpaired) electrons. The molecule has 0 atom stereocenters. The summed E-state index contributed by atoms with van der Waals surface area (Å²) in [5.74, 6) is 0.153. The van der Waals surface area contributed by atoms with Gasteiger partial charge in [0.1, 0.15) is 12.5 Å². The molecule has 1 amide bonds. The molecule has 7 nitrogen and oxygen atoms in total. The summed E-state index contributed by atoms with van der Waals surface area (Å²) in [5.41, 5.74) is 2.08. The Morgan fingerprint density at radius 1 is 1.14 bits per heavy atom. The Hall–Kier alpha value is -2.61. The summed E-state index contributed by atoms with van der Waals surface area (Å²) in [6.07, 6.45) is 0. The van der Waals surface area contributed by atoms with E-state index in [1.807, 2.05) is 18.2 Å². The van der Waals surface area contributed by atoms with E-state index in [2.05, 4.69) is 15.4 Å². The maximum absolute atomic E-state index is 11.4. The van der Waals surface area contributed by atoms with Crippen molar-refractivity contribution in [2.24, 2.45) is 0 Å². The molecule has 0 unspecified atom stereocenters. The van der Waals surface area contributed by atoms with E-state index in [-0.39, 0.29) is 17.8 Å². The summed E-state index contributed by atoms with van der Waals surface area (Å²) in [5, 5.41) is 7.67. The van der Waals surface area contributed by atoms with E-state index in [9.17, 15) is 4.79 Å². The normalized spacial score (nSPS) is 10.7. The fourth-order valence-corrected chi connectivity index (χ4v) is 2.73. The lowest BCUT2D eigenvalue weighted by molar-refractivity contribution is -0.113. The summed E-state index contributed by atoms with van der Waals surface area (Å²) in [6, 6.07) is 14.7. The van der Waals surface area contributed by atoms with E-state index in [4.69, 9.17) is 32.7 Å². The van der Waals surface area contributed by atoms with Gasteiger partial charge in [0.2, 0.25) is 5.91 Å². The lowest BCUT2D eigenvalue weighted by Gasteiger charge is -2.08. The van der Waals surface area contributed by atoms with Crippen LogP contribution in [0.2, 0.25) is 5.02 Å². The van der Waals surface area contributed by atoms with Crippen LogP contribution in [0.5, 0.6) is 6.01 Å². The van der Waals surface area contributed by atoms with Crippen LogP contribution in [-0.4, -0.2) is 46.9 Å². The molecular formula is C19H18Cl2N4O3. The zero-order valence-corrected chi connectivity index (χ0v) is 16.6. The summed E-state index contributed by atoms with van der Waals surface area (Å²) < 4.78 is 12.2. The number of ether oxygens (including phenoxy) is 2. The van der Waals surface area contributed by atoms with Crippen molar-refractivity contribution < 1.29 is 14.3 Å². The van der Waals surface area contributed by atoms with Crippen LogP contribution < -0.4 is 10.1 Å². The number of carbonyl (C=O) groups excluding carboxylic acids is 1. The predicted octanol–water partition coefficient (Wildman–Crippen LogP) is 3.79. The van der Waals surface area contributed by atoms with Crippen LogP contribution in [0.25, 0.3) is 17.1 Å². The quantitative estimate of drug-likeness (QED) is 0.442. The van der Waals surface area contributed by atoms with Crippen molar-refractivity contribution in [3.05, 3.63) is 53.6 Å². The van der Waals surface area contributed by atoms with Gasteiger partial charge in [-0.25, -0.2) is 4.68 Å². The number of methoxy groups -OCH3 is 1. The van der Waals surface area contributed by atoms with Crippen molar-refractivity contribution in [2.45, 2.75) is 0 Å². The molecule has 1 heterocycles. The number of hydrogen-bond acceptors (Lipinski definition) is 5. The highest BCUT2D eigenvalue weighted by Crippen LogP contribution is 2.29. The average Bonchev–Trinajstić information content (AvgIpc) is 3.13. The van der Waals surface area contributed by atoms with Crippen LogP contribution in [0.1, 0.15) is 0 Å². The molecule has 146 valence electrons. The zero-order valence-electron chi connectivity index (χ0n) is 15.1. The van der Waals surface area contributed by atoms with Crippen LogP contribution in [0.3, 0.4) is 0 Å². The molecule has 9 heteroatoms. The Morgan fingerprint density at radius 3 is 2.57 bits per heavy atom. The molecule has 1 aromatic heterocycles. The Labute approximate surface area is 172 Å². The Bertz CT molecular complexity index is 945. The van der Waals surface area contributed by atoms with Crippen molar-refractivity contribution in [3.63, 3.8) is 0 Å². The SMILES string of the molecule is COCCOc1nc(-c2ccccc2Cl)n(-c2ccc(NC(=O)CCl)cc2)n1. The second-order valence-corrected chi connectivity index (χ2v) is 6.35. The number of hydrogen-bond donors (Lipinski definition) is 1. The Balaban J connectivity index is 1.96. The van der Waals surface area contributed by atoms with E-state index >= 15 is 0 Å². The molecule has 0 saturated heterocycles. The standard InChI is InChI=1S/C19H18Cl2N4O3/c1-27-10-11-28-19-23-18(15-4-2-3-5-16(15)21)25(24-19)14-8-6-13(7-9-14)22-17(26)12-20/h2-9H,10-12H2,1H3,(H,22,26). The molecular weight excluding hydrogens is 403 g/mol. The highest BCUT2D eigenvalue weighted by molar-refractivity contribution is 6.33. The minimum absolute atomic E-state index is 0.107. The predicted molar refractivity (Wildman–Crippen MR) is 109 cm³/mol. The third-order valence-electron chi connectivity index (χ3n) is 3.74. The number of amides is 1. The molecule has 0 fully saturated rings. The van der Waals surface area contributed by atoms with E-state index in [0.29, 0.717) is 29.7 Å². The maximum Gasteiger partial charge on any atom is 0.336 e. The minimum atomic E-state index is -0.277. The first-order chi connectivity index (χ1) is 13.6. The van der Waals surface area contributed by atoms with Gasteiger partial charge >= 0.3 is 6.01 Å². The number of rotatable bonds is 8. The number of carbonyl (C=O) groups is 1. The van der Waals surface area contributed by atoms with Crippen LogP contribution in [0, 0.1) is 0 Å². The molecule has 0 aliphatic rings. The fraction of sp³-hybridized carbons (Fsp3) is 0.211. The fourth-order valence-electron chi connectivity index (χ4n) is 2.45. The van der Waals surface area contributed by atoms with E-state index in [0.717, 1.165) is 11.3 Å². The lowest BCUT2D eigenvalue weighted by Crippen LogP contribution is -2.12. The molecule has 0 aliphatic carbocycles. The maximum atomic E-state index is 11.4. The number of anilines is 1. The number of halogens is 2. The monoisotopic (exact) mass is 420 g/mol. The van der Waals surface area contributed by atoms with E-state index < -0.39 is 0 Å². The van der Waals surface area contributed by atoms with Gasteiger partial charge in [-0.2, -0.15) is 4.98 Å². The average molecular weight is 421 g/mol. The largest absolute Gasteiger partial charge is 0.460 e. The second-order valence-electron chi connectivity index (χ2n) is 5.68. The number of aromatic nitrogens is 3. The topological polar surface area (TPSA) is 78.3 Å². The molecule has 0 spiro atoms. The number of nitrogens with zero attached hydrogens (tertiary/aromatic N) is 3. The zero-order chi connectivity index (χ0) is 19.9. The van der Waals surface area contributed by atoms with Gasteiger partial charge in [0.15, 0.2) is 5.82 Å². The van der Waals surface area contributed by atoms with Crippen molar-refractivity contribution in [1.29, 1.82) is 0 Å². The third-order valence-corrected chi connectivity index (χ3v) is 4.31. The molecule has 28 heavy (non-hydrogen) atoms. The van der Waals surface area contributed by atoms with Crippen LogP contribution in [0.15, 0.2) is 48.5 Å². The van der Waals surface area contributed by atoms with Crippen molar-refractivity contribution in [1.82, 2.24) is 14.8 Å².